The summed E-state index contributed by atoms with van der Waals surface area (Å²) in [5, 5.41) is 4.32. The Morgan fingerprint density at radius 1 is 1.10 bits per heavy atom. The van der Waals surface area contributed by atoms with Crippen LogP contribution in [0.2, 0.25) is 5.02 Å². The highest BCUT2D eigenvalue weighted by Gasteiger charge is 2.43. The van der Waals surface area contributed by atoms with Gasteiger partial charge in [-0.2, -0.15) is 0 Å². The van der Waals surface area contributed by atoms with Gasteiger partial charge in [0.05, 0.1) is 12.2 Å². The fourth-order valence-corrected chi connectivity index (χ4v) is 5.16. The Balaban J connectivity index is 0.00000240. The molecule has 0 aromatic heterocycles. The van der Waals surface area contributed by atoms with Crippen molar-refractivity contribution in [3.8, 4) is 0 Å². The summed E-state index contributed by atoms with van der Waals surface area (Å²) < 4.78 is 19.9. The Morgan fingerprint density at radius 2 is 1.86 bits per heavy atom. The van der Waals surface area contributed by atoms with Crippen molar-refractivity contribution in [1.29, 1.82) is 0 Å². The third-order valence-corrected chi connectivity index (χ3v) is 6.72. The minimum atomic E-state index is -0.161. The van der Waals surface area contributed by atoms with E-state index < -0.39 is 0 Å². The third-order valence-electron chi connectivity index (χ3n) is 6.49. The molecular formula is C24H30Cl2FNO. The Labute approximate surface area is 184 Å². The van der Waals surface area contributed by atoms with Crippen molar-refractivity contribution in [1.82, 2.24) is 5.32 Å². The van der Waals surface area contributed by atoms with Gasteiger partial charge >= 0.3 is 0 Å². The fraction of sp³-hybridized carbons (Fsp3) is 0.500. The lowest BCUT2D eigenvalue weighted by atomic mass is 9.74. The summed E-state index contributed by atoms with van der Waals surface area (Å²) in [5.74, 6) is 0.745. The van der Waals surface area contributed by atoms with Gasteiger partial charge < -0.3 is 10.1 Å². The van der Waals surface area contributed by atoms with Crippen molar-refractivity contribution in [2.75, 3.05) is 13.2 Å². The lowest BCUT2D eigenvalue weighted by molar-refractivity contribution is -0.106. The Hall–Kier alpha value is -1.13. The summed E-state index contributed by atoms with van der Waals surface area (Å²) in [6, 6.07) is 15.1. The first-order valence-corrected chi connectivity index (χ1v) is 10.9. The number of halogens is 3. The van der Waals surface area contributed by atoms with Crippen LogP contribution in [-0.2, 0) is 11.3 Å². The maximum atomic E-state index is 13.4. The van der Waals surface area contributed by atoms with Crippen LogP contribution in [-0.4, -0.2) is 18.8 Å². The van der Waals surface area contributed by atoms with Crippen LogP contribution >= 0.6 is 24.0 Å². The molecule has 1 N–H and O–H groups in total. The SMILES string of the molecule is Cl.Fc1ccc([C@H]2CC3(CCCC3)OC[C@@H]2CCNCc2cccc(Cl)c2)cc1. The summed E-state index contributed by atoms with van der Waals surface area (Å²) in [4.78, 5) is 0. The molecule has 1 saturated carbocycles. The molecule has 0 amide bonds. The molecule has 5 heteroatoms. The molecule has 0 unspecified atom stereocenters. The first kappa shape index (κ1) is 22.6. The monoisotopic (exact) mass is 437 g/mol. The van der Waals surface area contributed by atoms with E-state index in [4.69, 9.17) is 16.3 Å². The number of nitrogens with one attached hydrogen (secondary N) is 1. The van der Waals surface area contributed by atoms with Gasteiger partial charge in [0.2, 0.25) is 0 Å². The Kier molecular flexibility index (Phi) is 7.98. The third kappa shape index (κ3) is 5.73. The number of rotatable bonds is 6. The molecule has 2 aliphatic rings. The maximum absolute atomic E-state index is 13.4. The van der Waals surface area contributed by atoms with Crippen molar-refractivity contribution >= 4 is 24.0 Å². The van der Waals surface area contributed by atoms with E-state index in [0.717, 1.165) is 37.6 Å². The maximum Gasteiger partial charge on any atom is 0.123 e. The molecule has 2 aromatic carbocycles. The molecule has 0 radical (unpaired) electrons. The highest BCUT2D eigenvalue weighted by molar-refractivity contribution is 6.30. The number of ether oxygens (including phenoxy) is 1. The van der Waals surface area contributed by atoms with Crippen LogP contribution in [0.4, 0.5) is 4.39 Å². The second-order valence-electron chi connectivity index (χ2n) is 8.42. The van der Waals surface area contributed by atoms with Crippen LogP contribution in [0, 0.1) is 11.7 Å². The van der Waals surface area contributed by atoms with E-state index in [1.165, 1.54) is 36.8 Å². The van der Waals surface area contributed by atoms with E-state index >= 15 is 0 Å². The zero-order valence-electron chi connectivity index (χ0n) is 16.7. The minimum Gasteiger partial charge on any atom is -0.375 e. The van der Waals surface area contributed by atoms with Gasteiger partial charge in [-0.1, -0.05) is 48.7 Å². The van der Waals surface area contributed by atoms with Crippen molar-refractivity contribution in [3.05, 3.63) is 70.5 Å². The van der Waals surface area contributed by atoms with E-state index in [1.807, 2.05) is 30.3 Å². The van der Waals surface area contributed by atoms with Gasteiger partial charge in [0.25, 0.3) is 0 Å². The molecule has 2 nitrogen and oxygen atoms in total. The number of hydrogen-bond acceptors (Lipinski definition) is 2. The fourth-order valence-electron chi connectivity index (χ4n) is 4.95. The Morgan fingerprint density at radius 3 is 2.59 bits per heavy atom. The van der Waals surface area contributed by atoms with Crippen molar-refractivity contribution in [3.63, 3.8) is 0 Å². The predicted octanol–water partition coefficient (Wildman–Crippen LogP) is 6.51. The van der Waals surface area contributed by atoms with Gasteiger partial charge in [0.1, 0.15) is 5.82 Å². The molecule has 1 aliphatic heterocycles. The van der Waals surface area contributed by atoms with Gasteiger partial charge in [-0.3, -0.25) is 0 Å². The van der Waals surface area contributed by atoms with Gasteiger partial charge in [-0.25, -0.2) is 4.39 Å². The minimum absolute atomic E-state index is 0. The molecule has 2 fully saturated rings. The topological polar surface area (TPSA) is 21.3 Å². The van der Waals surface area contributed by atoms with Crippen LogP contribution < -0.4 is 5.32 Å². The zero-order valence-corrected chi connectivity index (χ0v) is 18.3. The summed E-state index contributed by atoms with van der Waals surface area (Å²) in [6.07, 6.45) is 7.00. The van der Waals surface area contributed by atoms with E-state index in [2.05, 4.69) is 11.4 Å². The molecule has 1 spiro atoms. The molecule has 0 bridgehead atoms. The van der Waals surface area contributed by atoms with Crippen LogP contribution in [0.1, 0.15) is 55.6 Å². The molecule has 2 aromatic rings. The standard InChI is InChI=1S/C24H29ClFNO.ClH/c25-21-5-3-4-18(14-21)16-27-13-10-20-17-28-24(11-1-2-12-24)15-23(20)19-6-8-22(26)9-7-19;/h3-9,14,20,23,27H,1-2,10-13,15-17H2;1H/t20-,23+;/m0./s1. The lowest BCUT2D eigenvalue weighted by Crippen LogP contribution is -2.42. The summed E-state index contributed by atoms with van der Waals surface area (Å²) in [6.45, 7) is 2.56. The van der Waals surface area contributed by atoms with Crippen LogP contribution in [0.25, 0.3) is 0 Å². The molecule has 1 aliphatic carbocycles. The van der Waals surface area contributed by atoms with E-state index in [0.29, 0.717) is 11.8 Å². The van der Waals surface area contributed by atoms with Gasteiger partial charge in [0.15, 0.2) is 0 Å². The van der Waals surface area contributed by atoms with Crippen LogP contribution in [0.5, 0.6) is 0 Å². The molecular weight excluding hydrogens is 408 g/mol. The number of benzene rings is 2. The first-order valence-electron chi connectivity index (χ1n) is 10.5. The highest BCUT2D eigenvalue weighted by Crippen LogP contribution is 2.48. The second-order valence-corrected chi connectivity index (χ2v) is 8.86. The van der Waals surface area contributed by atoms with E-state index in [9.17, 15) is 4.39 Å². The average Bonchev–Trinajstić information content (AvgIpc) is 3.15. The molecule has 2 atom stereocenters. The van der Waals surface area contributed by atoms with Crippen molar-refractivity contribution in [2.24, 2.45) is 5.92 Å². The molecule has 29 heavy (non-hydrogen) atoms. The lowest BCUT2D eigenvalue weighted by Gasteiger charge is -2.43. The second kappa shape index (κ2) is 10.3. The molecule has 1 heterocycles. The number of hydrogen-bond donors (Lipinski definition) is 1. The zero-order chi connectivity index (χ0) is 19.4. The highest BCUT2D eigenvalue weighted by atomic mass is 35.5. The van der Waals surface area contributed by atoms with Crippen LogP contribution in [0.15, 0.2) is 48.5 Å². The van der Waals surface area contributed by atoms with Crippen molar-refractivity contribution < 1.29 is 9.13 Å². The van der Waals surface area contributed by atoms with E-state index in [-0.39, 0.29) is 23.8 Å². The largest absolute Gasteiger partial charge is 0.375 e. The van der Waals surface area contributed by atoms with Crippen LogP contribution in [0.3, 0.4) is 0 Å². The first-order chi connectivity index (χ1) is 13.6. The molecule has 4 rings (SSSR count). The summed E-state index contributed by atoms with van der Waals surface area (Å²) in [5.41, 5.74) is 2.52. The molecule has 1 saturated heterocycles. The van der Waals surface area contributed by atoms with Gasteiger partial charge in [0, 0.05) is 11.6 Å². The summed E-state index contributed by atoms with van der Waals surface area (Å²) in [7, 11) is 0. The van der Waals surface area contributed by atoms with Gasteiger partial charge in [-0.15, -0.1) is 12.4 Å². The van der Waals surface area contributed by atoms with E-state index in [1.54, 1.807) is 12.1 Å². The summed E-state index contributed by atoms with van der Waals surface area (Å²) >= 11 is 6.07. The van der Waals surface area contributed by atoms with Gasteiger partial charge in [-0.05, 0) is 79.5 Å². The smallest absolute Gasteiger partial charge is 0.123 e. The normalized spacial score (nSPS) is 23.1. The van der Waals surface area contributed by atoms with Crippen molar-refractivity contribution in [2.45, 2.75) is 56.6 Å². The average molecular weight is 438 g/mol. The molecule has 158 valence electrons. The Bertz CT molecular complexity index is 777. The predicted molar refractivity (Wildman–Crippen MR) is 119 cm³/mol. The quantitative estimate of drug-likeness (QED) is 0.519.